The highest BCUT2D eigenvalue weighted by Crippen LogP contribution is 2.24. The number of halogens is 2. The first kappa shape index (κ1) is 11.6. The van der Waals surface area contributed by atoms with Crippen molar-refractivity contribution >= 4 is 34.0 Å². The molecule has 0 unspecified atom stereocenters. The van der Waals surface area contributed by atoms with Gasteiger partial charge in [-0.15, -0.1) is 12.4 Å². The van der Waals surface area contributed by atoms with Crippen molar-refractivity contribution in [1.29, 1.82) is 0 Å². The maximum absolute atomic E-state index is 5.65. The molecule has 0 amide bonds. The zero-order valence-corrected chi connectivity index (χ0v) is 9.11. The summed E-state index contributed by atoms with van der Waals surface area (Å²) in [5.41, 5.74) is 6.32. The van der Waals surface area contributed by atoms with Crippen LogP contribution in [0.4, 0.5) is 5.69 Å². The summed E-state index contributed by atoms with van der Waals surface area (Å²) in [5.74, 6) is 0.746. The Balaban J connectivity index is 0.00000121. The molecular weight excluding hydrogens is 241 g/mol. The van der Waals surface area contributed by atoms with Crippen LogP contribution in [-0.4, -0.2) is 6.61 Å². The maximum Gasteiger partial charge on any atom is 0.142 e. The predicted molar refractivity (Wildman–Crippen MR) is 57.0 cm³/mol. The normalized spacial score (nSPS) is 8.83. The average Bonchev–Trinajstić information content (AvgIpc) is 1.95. The van der Waals surface area contributed by atoms with Gasteiger partial charge in [0.25, 0.3) is 0 Å². The third-order valence-electron chi connectivity index (χ3n) is 1.27. The topological polar surface area (TPSA) is 35.2 Å². The van der Waals surface area contributed by atoms with Crippen molar-refractivity contribution in [3.63, 3.8) is 0 Å². The quantitative estimate of drug-likeness (QED) is 0.822. The first-order valence-electron chi connectivity index (χ1n) is 3.42. The molecule has 0 heterocycles. The second kappa shape index (κ2) is 5.27. The molecule has 12 heavy (non-hydrogen) atoms. The third-order valence-corrected chi connectivity index (χ3v) is 1.76. The first-order chi connectivity index (χ1) is 5.24. The molecule has 0 aromatic heterocycles. The van der Waals surface area contributed by atoms with E-state index in [-0.39, 0.29) is 12.4 Å². The minimum Gasteiger partial charge on any atom is -0.492 e. The Morgan fingerprint density at radius 1 is 1.50 bits per heavy atom. The van der Waals surface area contributed by atoms with Crippen LogP contribution in [0.5, 0.6) is 5.75 Å². The molecule has 0 aliphatic carbocycles. The molecule has 2 N–H and O–H groups in total. The minimum atomic E-state index is 0. The van der Waals surface area contributed by atoms with Gasteiger partial charge in [-0.3, -0.25) is 0 Å². The second-order valence-corrected chi connectivity index (χ2v) is 3.03. The van der Waals surface area contributed by atoms with Gasteiger partial charge in [0.2, 0.25) is 0 Å². The van der Waals surface area contributed by atoms with Crippen LogP contribution < -0.4 is 10.5 Å². The van der Waals surface area contributed by atoms with Gasteiger partial charge in [0, 0.05) is 4.47 Å². The monoisotopic (exact) mass is 251 g/mol. The van der Waals surface area contributed by atoms with Crippen molar-refractivity contribution in [2.45, 2.75) is 6.92 Å². The number of hydrogen-bond acceptors (Lipinski definition) is 2. The number of rotatable bonds is 2. The highest BCUT2D eigenvalue weighted by Gasteiger charge is 1.98. The number of anilines is 1. The Kier molecular flexibility index (Phi) is 5.09. The van der Waals surface area contributed by atoms with E-state index in [1.165, 1.54) is 0 Å². The van der Waals surface area contributed by atoms with Crippen LogP contribution in [0.1, 0.15) is 6.92 Å². The van der Waals surface area contributed by atoms with Gasteiger partial charge >= 0.3 is 0 Å². The van der Waals surface area contributed by atoms with Crippen LogP contribution in [0.2, 0.25) is 0 Å². The molecule has 2 nitrogen and oxygen atoms in total. The number of nitrogen functional groups attached to an aromatic ring is 1. The Morgan fingerprint density at radius 3 is 2.67 bits per heavy atom. The van der Waals surface area contributed by atoms with Gasteiger partial charge in [-0.2, -0.15) is 0 Å². The highest BCUT2D eigenvalue weighted by atomic mass is 79.9. The van der Waals surface area contributed by atoms with Gasteiger partial charge in [-0.1, -0.05) is 15.9 Å². The SMILES string of the molecule is CCOc1ccc(Br)cc1N.Cl. The van der Waals surface area contributed by atoms with E-state index in [2.05, 4.69) is 15.9 Å². The molecular formula is C8H11BrClNO. The molecule has 0 aliphatic rings. The van der Waals surface area contributed by atoms with Crippen molar-refractivity contribution in [1.82, 2.24) is 0 Å². The van der Waals surface area contributed by atoms with Crippen molar-refractivity contribution in [2.24, 2.45) is 0 Å². The summed E-state index contributed by atoms with van der Waals surface area (Å²) in [6, 6.07) is 5.58. The summed E-state index contributed by atoms with van der Waals surface area (Å²) in [5, 5.41) is 0. The van der Waals surface area contributed by atoms with E-state index in [9.17, 15) is 0 Å². The lowest BCUT2D eigenvalue weighted by Gasteiger charge is -2.05. The van der Waals surface area contributed by atoms with Gasteiger partial charge in [0.1, 0.15) is 5.75 Å². The van der Waals surface area contributed by atoms with E-state index in [1.807, 2.05) is 25.1 Å². The van der Waals surface area contributed by atoms with Gasteiger partial charge in [0.15, 0.2) is 0 Å². The summed E-state index contributed by atoms with van der Waals surface area (Å²) in [4.78, 5) is 0. The molecule has 0 saturated carbocycles. The molecule has 0 aliphatic heterocycles. The van der Waals surface area contributed by atoms with Crippen LogP contribution in [0, 0.1) is 0 Å². The van der Waals surface area contributed by atoms with E-state index in [0.29, 0.717) is 12.3 Å². The number of hydrogen-bond donors (Lipinski definition) is 1. The molecule has 1 aromatic carbocycles. The van der Waals surface area contributed by atoms with Gasteiger partial charge in [0.05, 0.1) is 12.3 Å². The second-order valence-electron chi connectivity index (χ2n) is 2.12. The summed E-state index contributed by atoms with van der Waals surface area (Å²) in [6.45, 7) is 2.58. The van der Waals surface area contributed by atoms with Crippen molar-refractivity contribution in [3.8, 4) is 5.75 Å². The van der Waals surface area contributed by atoms with Crippen LogP contribution >= 0.6 is 28.3 Å². The molecule has 1 aromatic rings. The van der Waals surface area contributed by atoms with Gasteiger partial charge in [-0.25, -0.2) is 0 Å². The van der Waals surface area contributed by atoms with Gasteiger partial charge < -0.3 is 10.5 Å². The molecule has 0 spiro atoms. The fraction of sp³-hybridized carbons (Fsp3) is 0.250. The predicted octanol–water partition coefficient (Wildman–Crippen LogP) is 2.85. The summed E-state index contributed by atoms with van der Waals surface area (Å²) in [7, 11) is 0. The number of nitrogens with two attached hydrogens (primary N) is 1. The molecule has 0 radical (unpaired) electrons. The van der Waals surface area contributed by atoms with Crippen LogP contribution in [-0.2, 0) is 0 Å². The van der Waals surface area contributed by atoms with E-state index in [0.717, 1.165) is 10.2 Å². The Labute approximate surface area is 86.6 Å². The zero-order valence-electron chi connectivity index (χ0n) is 6.71. The van der Waals surface area contributed by atoms with E-state index >= 15 is 0 Å². The Hall–Kier alpha value is -0.410. The fourth-order valence-electron chi connectivity index (χ4n) is 0.806. The highest BCUT2D eigenvalue weighted by molar-refractivity contribution is 9.10. The lowest BCUT2D eigenvalue weighted by atomic mass is 10.3. The summed E-state index contributed by atoms with van der Waals surface area (Å²) in [6.07, 6.45) is 0. The maximum atomic E-state index is 5.65. The van der Waals surface area contributed by atoms with E-state index < -0.39 is 0 Å². The van der Waals surface area contributed by atoms with Crippen LogP contribution in [0.25, 0.3) is 0 Å². The van der Waals surface area contributed by atoms with E-state index in [4.69, 9.17) is 10.5 Å². The largest absolute Gasteiger partial charge is 0.492 e. The molecule has 1 rings (SSSR count). The molecule has 0 atom stereocenters. The Bertz CT molecular complexity index is 255. The van der Waals surface area contributed by atoms with Crippen LogP contribution in [0.3, 0.4) is 0 Å². The fourth-order valence-corrected chi connectivity index (χ4v) is 1.19. The zero-order chi connectivity index (χ0) is 8.27. The molecule has 0 fully saturated rings. The van der Waals surface area contributed by atoms with Crippen molar-refractivity contribution < 1.29 is 4.74 Å². The standard InChI is InChI=1S/C8H10BrNO.ClH/c1-2-11-8-4-3-6(9)5-7(8)10;/h3-5H,2,10H2,1H3;1H. The number of ether oxygens (including phenoxy) is 1. The van der Waals surface area contributed by atoms with Crippen molar-refractivity contribution in [2.75, 3.05) is 12.3 Å². The summed E-state index contributed by atoms with van der Waals surface area (Å²) >= 11 is 3.31. The number of benzene rings is 1. The average molecular weight is 253 g/mol. The molecule has 0 bridgehead atoms. The lowest BCUT2D eigenvalue weighted by molar-refractivity contribution is 0.342. The van der Waals surface area contributed by atoms with E-state index in [1.54, 1.807) is 0 Å². The lowest BCUT2D eigenvalue weighted by Crippen LogP contribution is -1.96. The minimum absolute atomic E-state index is 0. The summed E-state index contributed by atoms with van der Waals surface area (Å²) < 4.78 is 6.22. The third kappa shape index (κ3) is 2.91. The van der Waals surface area contributed by atoms with Crippen LogP contribution in [0.15, 0.2) is 22.7 Å². The molecule has 0 saturated heterocycles. The van der Waals surface area contributed by atoms with Crippen molar-refractivity contribution in [3.05, 3.63) is 22.7 Å². The molecule has 68 valence electrons. The molecule has 4 heteroatoms. The van der Waals surface area contributed by atoms with Gasteiger partial charge in [-0.05, 0) is 25.1 Å². The first-order valence-corrected chi connectivity index (χ1v) is 4.21. The smallest absolute Gasteiger partial charge is 0.142 e. The Morgan fingerprint density at radius 2 is 2.17 bits per heavy atom.